The molecule has 2 unspecified atom stereocenters. The molecule has 32 heavy (non-hydrogen) atoms. The predicted octanol–water partition coefficient (Wildman–Crippen LogP) is 3.50. The molecule has 8 heteroatoms. The van der Waals surface area contributed by atoms with Gasteiger partial charge in [0, 0.05) is 24.8 Å². The monoisotopic (exact) mass is 439 g/mol. The van der Waals surface area contributed by atoms with Crippen LogP contribution in [0.4, 0.5) is 10.5 Å². The first-order chi connectivity index (χ1) is 15.1. The van der Waals surface area contributed by atoms with Crippen molar-refractivity contribution in [2.75, 3.05) is 18.0 Å². The number of likely N-dealkylation sites (tertiary alicyclic amines) is 1. The van der Waals surface area contributed by atoms with E-state index in [2.05, 4.69) is 9.88 Å². The first kappa shape index (κ1) is 21.9. The maximum Gasteiger partial charge on any atom is 0.410 e. The zero-order valence-corrected chi connectivity index (χ0v) is 18.8. The summed E-state index contributed by atoms with van der Waals surface area (Å²) in [6.45, 7) is 8.95. The van der Waals surface area contributed by atoms with Crippen molar-refractivity contribution >= 4 is 17.7 Å². The standard InChI is InChI=1S/C24H29N3O5/c1-5-14-10-19(22(29)30)21(28)25-20(14)15-6-8-16(9-7-15)26-12-18-11-17(26)13-27(18)23(31)32-24(2,3)4/h6-10,17-18H,5,11-13H2,1-4H3,(H,25,28)(H,29,30). The lowest BCUT2D eigenvalue weighted by atomic mass is 10.0. The average molecular weight is 440 g/mol. The number of piperazine rings is 1. The molecule has 1 aromatic carbocycles. The maximum absolute atomic E-state index is 12.5. The molecule has 1 amide bonds. The van der Waals surface area contributed by atoms with Crippen LogP contribution in [0.5, 0.6) is 0 Å². The Bertz CT molecular complexity index is 1100. The number of aromatic nitrogens is 1. The topological polar surface area (TPSA) is 103 Å². The highest BCUT2D eigenvalue weighted by Crippen LogP contribution is 2.36. The summed E-state index contributed by atoms with van der Waals surface area (Å²) in [5.41, 5.74) is 1.97. The molecule has 0 radical (unpaired) electrons. The molecule has 170 valence electrons. The Morgan fingerprint density at radius 3 is 2.38 bits per heavy atom. The number of amides is 1. The highest BCUT2D eigenvalue weighted by atomic mass is 16.6. The zero-order valence-electron chi connectivity index (χ0n) is 18.8. The van der Waals surface area contributed by atoms with Crippen LogP contribution in [-0.4, -0.2) is 57.8 Å². The molecule has 2 aromatic rings. The summed E-state index contributed by atoms with van der Waals surface area (Å²) >= 11 is 0. The van der Waals surface area contributed by atoms with E-state index >= 15 is 0 Å². The summed E-state index contributed by atoms with van der Waals surface area (Å²) in [6, 6.07) is 9.75. The fourth-order valence-corrected chi connectivity index (χ4v) is 4.62. The zero-order chi connectivity index (χ0) is 23.2. The Balaban J connectivity index is 1.51. The quantitative estimate of drug-likeness (QED) is 0.756. The average Bonchev–Trinajstić information content (AvgIpc) is 3.33. The first-order valence-corrected chi connectivity index (χ1v) is 10.9. The number of pyridine rings is 1. The molecule has 0 saturated carbocycles. The predicted molar refractivity (Wildman–Crippen MR) is 121 cm³/mol. The third kappa shape index (κ3) is 4.09. The largest absolute Gasteiger partial charge is 0.477 e. The maximum atomic E-state index is 12.5. The number of carboxylic acid groups (broad SMARTS) is 1. The number of hydrogen-bond acceptors (Lipinski definition) is 5. The molecule has 1 aromatic heterocycles. The van der Waals surface area contributed by atoms with Crippen molar-refractivity contribution in [3.05, 3.63) is 51.8 Å². The van der Waals surface area contributed by atoms with Crippen molar-refractivity contribution in [3.63, 3.8) is 0 Å². The van der Waals surface area contributed by atoms with Gasteiger partial charge in [-0.05, 0) is 62.9 Å². The number of nitrogens with zero attached hydrogens (tertiary/aromatic N) is 2. The van der Waals surface area contributed by atoms with Gasteiger partial charge in [0.1, 0.15) is 11.2 Å². The number of ether oxygens (including phenoxy) is 1. The van der Waals surface area contributed by atoms with E-state index in [0.29, 0.717) is 18.7 Å². The number of carbonyl (C=O) groups is 2. The molecule has 2 aliphatic heterocycles. The molecule has 0 aliphatic carbocycles. The summed E-state index contributed by atoms with van der Waals surface area (Å²) in [5.74, 6) is -1.23. The van der Waals surface area contributed by atoms with Crippen LogP contribution in [0.15, 0.2) is 35.1 Å². The summed E-state index contributed by atoms with van der Waals surface area (Å²) in [4.78, 5) is 42.8. The van der Waals surface area contributed by atoms with Gasteiger partial charge >= 0.3 is 12.1 Å². The van der Waals surface area contributed by atoms with E-state index in [-0.39, 0.29) is 23.7 Å². The number of aryl methyl sites for hydroxylation is 1. The summed E-state index contributed by atoms with van der Waals surface area (Å²) in [7, 11) is 0. The number of rotatable bonds is 4. The number of nitrogens with one attached hydrogen (secondary N) is 1. The Kier molecular flexibility index (Phi) is 5.48. The molecule has 2 saturated heterocycles. The molecule has 2 N–H and O–H groups in total. The molecule has 8 nitrogen and oxygen atoms in total. The fraction of sp³-hybridized carbons (Fsp3) is 0.458. The van der Waals surface area contributed by atoms with Crippen LogP contribution in [0, 0.1) is 0 Å². The second-order valence-corrected chi connectivity index (χ2v) is 9.45. The molecule has 4 rings (SSSR count). The van der Waals surface area contributed by atoms with E-state index in [1.165, 1.54) is 6.07 Å². The second-order valence-electron chi connectivity index (χ2n) is 9.45. The van der Waals surface area contributed by atoms with Crippen molar-refractivity contribution in [2.24, 2.45) is 0 Å². The van der Waals surface area contributed by atoms with Gasteiger partial charge in [-0.25, -0.2) is 9.59 Å². The number of carbonyl (C=O) groups excluding carboxylic acids is 1. The molecule has 0 spiro atoms. The third-order valence-corrected chi connectivity index (χ3v) is 6.09. The minimum atomic E-state index is -1.23. The lowest BCUT2D eigenvalue weighted by Crippen LogP contribution is -2.50. The minimum Gasteiger partial charge on any atom is -0.477 e. The highest BCUT2D eigenvalue weighted by Gasteiger charge is 2.46. The van der Waals surface area contributed by atoms with E-state index in [9.17, 15) is 19.5 Å². The van der Waals surface area contributed by atoms with Gasteiger partial charge in [-0.1, -0.05) is 19.1 Å². The SMILES string of the molecule is CCc1cc(C(=O)O)c(=O)[nH]c1-c1ccc(N2CC3CC2CN3C(=O)OC(C)(C)C)cc1. The normalized spacial score (nSPS) is 20.0. The summed E-state index contributed by atoms with van der Waals surface area (Å²) in [5, 5.41) is 9.21. The molecular weight excluding hydrogens is 410 g/mol. The van der Waals surface area contributed by atoms with Crippen LogP contribution in [0.1, 0.15) is 50.0 Å². The molecule has 3 heterocycles. The van der Waals surface area contributed by atoms with Crippen molar-refractivity contribution in [2.45, 2.75) is 58.2 Å². The molecular formula is C24H29N3O5. The third-order valence-electron chi connectivity index (χ3n) is 6.09. The van der Waals surface area contributed by atoms with Crippen molar-refractivity contribution < 1.29 is 19.4 Å². The molecule has 2 bridgehead atoms. The van der Waals surface area contributed by atoms with Gasteiger partial charge in [0.05, 0.1) is 11.7 Å². The Labute approximate surface area is 186 Å². The van der Waals surface area contributed by atoms with E-state index in [1.807, 2.05) is 56.9 Å². The molecule has 2 fully saturated rings. The van der Waals surface area contributed by atoms with E-state index in [1.54, 1.807) is 0 Å². The molecule has 2 aliphatic rings. The van der Waals surface area contributed by atoms with Gasteiger partial charge in [-0.2, -0.15) is 0 Å². The van der Waals surface area contributed by atoms with Gasteiger partial charge in [0.15, 0.2) is 0 Å². The van der Waals surface area contributed by atoms with Crippen LogP contribution in [0.3, 0.4) is 0 Å². The van der Waals surface area contributed by atoms with Gasteiger partial charge in [-0.3, -0.25) is 4.79 Å². The van der Waals surface area contributed by atoms with Crippen molar-refractivity contribution in [1.29, 1.82) is 0 Å². The number of aromatic amines is 1. The van der Waals surface area contributed by atoms with Gasteiger partial charge in [0.2, 0.25) is 0 Å². The first-order valence-electron chi connectivity index (χ1n) is 10.9. The highest BCUT2D eigenvalue weighted by molar-refractivity contribution is 5.88. The van der Waals surface area contributed by atoms with E-state index in [4.69, 9.17) is 4.74 Å². The lowest BCUT2D eigenvalue weighted by molar-refractivity contribution is 0.0214. The van der Waals surface area contributed by atoms with Gasteiger partial charge in [-0.15, -0.1) is 0 Å². The fourth-order valence-electron chi connectivity index (χ4n) is 4.62. The van der Waals surface area contributed by atoms with Gasteiger partial charge < -0.3 is 24.6 Å². The number of hydrogen-bond donors (Lipinski definition) is 2. The minimum absolute atomic E-state index is 0.140. The lowest BCUT2D eigenvalue weighted by Gasteiger charge is -2.36. The van der Waals surface area contributed by atoms with Crippen LogP contribution in [0.25, 0.3) is 11.3 Å². The van der Waals surface area contributed by atoms with Gasteiger partial charge in [0.25, 0.3) is 5.56 Å². The van der Waals surface area contributed by atoms with Crippen LogP contribution in [-0.2, 0) is 11.2 Å². The summed E-state index contributed by atoms with van der Waals surface area (Å²) in [6.07, 6.45) is 1.27. The van der Waals surface area contributed by atoms with Crippen molar-refractivity contribution in [1.82, 2.24) is 9.88 Å². The van der Waals surface area contributed by atoms with Crippen LogP contribution < -0.4 is 10.5 Å². The van der Waals surface area contributed by atoms with E-state index in [0.717, 1.165) is 29.8 Å². The Hall–Kier alpha value is -3.29. The molecule has 2 atom stereocenters. The van der Waals surface area contributed by atoms with Crippen LogP contribution >= 0.6 is 0 Å². The second kappa shape index (κ2) is 8.00. The Morgan fingerprint density at radius 2 is 1.84 bits per heavy atom. The van der Waals surface area contributed by atoms with Crippen LogP contribution in [0.2, 0.25) is 0 Å². The number of aromatic carboxylic acids is 1. The summed E-state index contributed by atoms with van der Waals surface area (Å²) < 4.78 is 5.54. The Morgan fingerprint density at radius 1 is 1.16 bits per heavy atom. The number of anilines is 1. The number of benzene rings is 1. The number of carboxylic acids is 1. The van der Waals surface area contributed by atoms with Crippen molar-refractivity contribution in [3.8, 4) is 11.3 Å². The van der Waals surface area contributed by atoms with E-state index < -0.39 is 17.1 Å². The number of H-pyrrole nitrogens is 1. The number of fused-ring (bicyclic) bond motifs is 2. The smallest absolute Gasteiger partial charge is 0.410 e.